The van der Waals surface area contributed by atoms with Gasteiger partial charge in [0.1, 0.15) is 10.3 Å². The number of rotatable bonds is 0. The van der Waals surface area contributed by atoms with Gasteiger partial charge in [0.25, 0.3) is 0 Å². The molecule has 4 heteroatoms. The van der Waals surface area contributed by atoms with Crippen molar-refractivity contribution >= 4 is 21.7 Å². The number of hydrogen-bond acceptors (Lipinski definition) is 3. The highest BCUT2D eigenvalue weighted by atomic mass is 32.1. The van der Waals surface area contributed by atoms with E-state index in [1.807, 2.05) is 17.2 Å². The van der Waals surface area contributed by atoms with Gasteiger partial charge in [0, 0.05) is 7.05 Å². The molecule has 0 N–H and O–H groups in total. The maximum absolute atomic E-state index is 4.07. The molecule has 0 atom stereocenters. The maximum Gasteiger partial charge on any atom is 0.140 e. The zero-order valence-electron chi connectivity index (χ0n) is 4.90. The van der Waals surface area contributed by atoms with Gasteiger partial charge in [-0.25, -0.2) is 4.98 Å². The van der Waals surface area contributed by atoms with Crippen molar-refractivity contribution in [1.82, 2.24) is 14.8 Å². The van der Waals surface area contributed by atoms with E-state index < -0.39 is 0 Å². The summed E-state index contributed by atoms with van der Waals surface area (Å²) in [7, 11) is 1.92. The van der Waals surface area contributed by atoms with Crippen LogP contribution in [0.15, 0.2) is 11.7 Å². The zero-order chi connectivity index (χ0) is 6.27. The van der Waals surface area contributed by atoms with Crippen LogP contribution in [0.5, 0.6) is 0 Å². The Labute approximate surface area is 55.9 Å². The quantitative estimate of drug-likeness (QED) is 0.545. The summed E-state index contributed by atoms with van der Waals surface area (Å²) in [4.78, 5) is 5.21. The summed E-state index contributed by atoms with van der Waals surface area (Å²) in [6.45, 7) is 0. The van der Waals surface area contributed by atoms with Crippen LogP contribution in [0.25, 0.3) is 10.3 Å². The summed E-state index contributed by atoms with van der Waals surface area (Å²) in [6.07, 6.45) is 1.77. The van der Waals surface area contributed by atoms with Crippen LogP contribution in [0.2, 0.25) is 0 Å². The number of aryl methyl sites for hydroxylation is 1. The van der Waals surface area contributed by atoms with Crippen molar-refractivity contribution in [1.29, 1.82) is 0 Å². The first-order valence-electron chi connectivity index (χ1n) is 2.59. The molecule has 2 heterocycles. The molecular weight excluding hydrogens is 134 g/mol. The van der Waals surface area contributed by atoms with Gasteiger partial charge < -0.3 is 0 Å². The van der Waals surface area contributed by atoms with Crippen LogP contribution in [0.4, 0.5) is 0 Å². The van der Waals surface area contributed by atoms with E-state index >= 15 is 0 Å². The van der Waals surface area contributed by atoms with E-state index in [4.69, 9.17) is 0 Å². The highest BCUT2D eigenvalue weighted by molar-refractivity contribution is 7.16. The van der Waals surface area contributed by atoms with Gasteiger partial charge in [-0.05, 0) is 0 Å². The number of thiazole rings is 1. The lowest BCUT2D eigenvalue weighted by molar-refractivity contribution is 0.802. The molecule has 9 heavy (non-hydrogen) atoms. The third-order valence-electron chi connectivity index (χ3n) is 1.22. The van der Waals surface area contributed by atoms with Crippen molar-refractivity contribution in [2.24, 2.45) is 7.05 Å². The molecule has 0 aliphatic heterocycles. The Balaban J connectivity index is 2.99. The van der Waals surface area contributed by atoms with Gasteiger partial charge in [-0.1, -0.05) is 0 Å². The minimum atomic E-state index is 0.988. The lowest BCUT2D eigenvalue weighted by Gasteiger charge is -1.82. The highest BCUT2D eigenvalue weighted by Gasteiger charge is 1.98. The molecule has 2 aromatic rings. The van der Waals surface area contributed by atoms with E-state index in [9.17, 15) is 0 Å². The van der Waals surface area contributed by atoms with Gasteiger partial charge in [0.2, 0.25) is 0 Å². The molecule has 0 fully saturated rings. The van der Waals surface area contributed by atoms with Crippen molar-refractivity contribution in [3.8, 4) is 0 Å². The Kier molecular flexibility index (Phi) is 0.843. The van der Waals surface area contributed by atoms with E-state index in [0.29, 0.717) is 0 Å². The first-order valence-corrected chi connectivity index (χ1v) is 3.47. The molecule has 2 aromatic heterocycles. The van der Waals surface area contributed by atoms with E-state index in [0.717, 1.165) is 10.3 Å². The van der Waals surface area contributed by atoms with E-state index in [2.05, 4.69) is 10.1 Å². The smallest absolute Gasteiger partial charge is 0.140 e. The van der Waals surface area contributed by atoms with Gasteiger partial charge in [-0.15, -0.1) is 11.3 Å². The maximum atomic E-state index is 4.07. The van der Waals surface area contributed by atoms with Crippen LogP contribution in [0.1, 0.15) is 0 Å². The summed E-state index contributed by atoms with van der Waals surface area (Å²) in [6, 6.07) is 0. The van der Waals surface area contributed by atoms with Crippen molar-refractivity contribution in [2.75, 3.05) is 0 Å². The van der Waals surface area contributed by atoms with Gasteiger partial charge in [0.15, 0.2) is 0 Å². The van der Waals surface area contributed by atoms with Gasteiger partial charge >= 0.3 is 0 Å². The fourth-order valence-corrected chi connectivity index (χ4v) is 1.46. The summed E-state index contributed by atoms with van der Waals surface area (Å²) < 4.78 is 1.83. The fraction of sp³-hybridized carbons (Fsp3) is 0.200. The molecular formula is C5H5N3S. The molecule has 46 valence electrons. The molecule has 0 unspecified atom stereocenters. The number of nitrogens with zero attached hydrogens (tertiary/aromatic N) is 3. The minimum Gasteiger partial charge on any atom is -0.256 e. The summed E-state index contributed by atoms with van der Waals surface area (Å²) in [5, 5.41) is 4.02. The van der Waals surface area contributed by atoms with Crippen molar-refractivity contribution in [3.63, 3.8) is 0 Å². The van der Waals surface area contributed by atoms with Crippen LogP contribution in [-0.4, -0.2) is 14.8 Å². The zero-order valence-corrected chi connectivity index (χ0v) is 5.72. The van der Waals surface area contributed by atoms with E-state index in [1.54, 1.807) is 17.5 Å². The van der Waals surface area contributed by atoms with Crippen LogP contribution in [-0.2, 0) is 7.05 Å². The minimum absolute atomic E-state index is 0.988. The van der Waals surface area contributed by atoms with Crippen LogP contribution >= 0.6 is 11.3 Å². The predicted molar refractivity (Wildman–Crippen MR) is 36.4 cm³/mol. The molecule has 0 saturated heterocycles. The normalized spacial score (nSPS) is 10.8. The van der Waals surface area contributed by atoms with Crippen molar-refractivity contribution in [3.05, 3.63) is 11.7 Å². The monoisotopic (exact) mass is 139 g/mol. The molecule has 0 saturated carbocycles. The summed E-state index contributed by atoms with van der Waals surface area (Å²) >= 11 is 1.61. The second-order valence-electron chi connectivity index (χ2n) is 1.81. The second kappa shape index (κ2) is 1.54. The Morgan fingerprint density at radius 2 is 2.56 bits per heavy atom. The van der Waals surface area contributed by atoms with E-state index in [1.165, 1.54) is 0 Å². The average Bonchev–Trinajstić information content (AvgIpc) is 2.35. The first kappa shape index (κ1) is 4.93. The lowest BCUT2D eigenvalue weighted by atomic mass is 10.6. The summed E-state index contributed by atoms with van der Waals surface area (Å²) in [5.74, 6) is 0. The Hall–Kier alpha value is -0.900. The molecule has 3 nitrogen and oxygen atoms in total. The second-order valence-corrected chi connectivity index (χ2v) is 2.64. The predicted octanol–water partition coefficient (Wildman–Crippen LogP) is 1.03. The molecule has 0 radical (unpaired) electrons. The third kappa shape index (κ3) is 0.564. The molecule has 0 bridgehead atoms. The van der Waals surface area contributed by atoms with Gasteiger partial charge in [-0.3, -0.25) is 4.68 Å². The lowest BCUT2D eigenvalue weighted by Crippen LogP contribution is -1.85. The first-order chi connectivity index (χ1) is 4.38. The van der Waals surface area contributed by atoms with Crippen molar-refractivity contribution < 1.29 is 0 Å². The molecule has 0 aliphatic carbocycles. The molecule has 2 rings (SSSR count). The Morgan fingerprint density at radius 1 is 1.67 bits per heavy atom. The third-order valence-corrected chi connectivity index (χ3v) is 2.13. The highest BCUT2D eigenvalue weighted by Crippen LogP contribution is 2.14. The largest absolute Gasteiger partial charge is 0.256 e. The number of aromatic nitrogens is 3. The summed E-state index contributed by atoms with van der Waals surface area (Å²) in [5.41, 5.74) is 2.81. The van der Waals surface area contributed by atoms with Crippen LogP contribution in [0.3, 0.4) is 0 Å². The van der Waals surface area contributed by atoms with Crippen LogP contribution < -0.4 is 0 Å². The fourth-order valence-electron chi connectivity index (χ4n) is 0.773. The number of hydrogen-bond donors (Lipinski definition) is 0. The Bertz CT molecular complexity index is 321. The molecule has 0 amide bonds. The number of fused-ring (bicyclic) bond motifs is 1. The molecule has 0 aromatic carbocycles. The Morgan fingerprint density at radius 3 is 3.33 bits per heavy atom. The SMILES string of the molecule is Cn1ncc2ncsc21. The topological polar surface area (TPSA) is 30.7 Å². The average molecular weight is 139 g/mol. The van der Waals surface area contributed by atoms with Gasteiger partial charge in [0.05, 0.1) is 11.7 Å². The van der Waals surface area contributed by atoms with Crippen LogP contribution in [0, 0.1) is 0 Å². The molecule has 0 spiro atoms. The standard InChI is InChI=1S/C5H5N3S/c1-8-5-4(2-7-8)6-3-9-5/h2-3H,1H3. The van der Waals surface area contributed by atoms with Gasteiger partial charge in [-0.2, -0.15) is 5.10 Å². The van der Waals surface area contributed by atoms with Crippen molar-refractivity contribution in [2.45, 2.75) is 0 Å². The molecule has 0 aliphatic rings. The van der Waals surface area contributed by atoms with E-state index in [-0.39, 0.29) is 0 Å².